The highest BCUT2D eigenvalue weighted by Gasteiger charge is 2.40. The summed E-state index contributed by atoms with van der Waals surface area (Å²) < 4.78 is 5.54. The van der Waals surface area contributed by atoms with Crippen LogP contribution in [0.25, 0.3) is 0 Å². The molecule has 0 spiro atoms. The molecule has 20 heavy (non-hydrogen) atoms. The molecule has 2 bridgehead atoms. The zero-order chi connectivity index (χ0) is 13.7. The van der Waals surface area contributed by atoms with Gasteiger partial charge in [0.05, 0.1) is 0 Å². The molecule has 3 aliphatic rings. The van der Waals surface area contributed by atoms with Gasteiger partial charge < -0.3 is 15.2 Å². The summed E-state index contributed by atoms with van der Waals surface area (Å²) in [5, 5.41) is 4.29. The van der Waals surface area contributed by atoms with Crippen molar-refractivity contribution in [1.29, 1.82) is 0 Å². The monoisotopic (exact) mass is 276 g/mol. The van der Waals surface area contributed by atoms with Crippen LogP contribution in [0.15, 0.2) is 4.52 Å². The summed E-state index contributed by atoms with van der Waals surface area (Å²) in [4.78, 5) is 7.27. The standard InChI is InChI=1S/C15H24N4O/c1-19-12-4-5-13(19)8-10(7-12)14-17-15(20-18-14)9-2-3-11(16)6-9/h9-13H,2-8,16H2,1H3/t9-,10?,11+,12?,13?/m1/s1. The maximum Gasteiger partial charge on any atom is 0.229 e. The number of fused-ring (bicyclic) bond motifs is 2. The van der Waals surface area contributed by atoms with Crippen LogP contribution in [0, 0.1) is 0 Å². The van der Waals surface area contributed by atoms with Crippen molar-refractivity contribution in [3.05, 3.63) is 11.7 Å². The van der Waals surface area contributed by atoms with Crippen molar-refractivity contribution < 1.29 is 4.52 Å². The van der Waals surface area contributed by atoms with Crippen LogP contribution in [0.4, 0.5) is 0 Å². The van der Waals surface area contributed by atoms with Gasteiger partial charge in [-0.25, -0.2) is 0 Å². The van der Waals surface area contributed by atoms with Gasteiger partial charge >= 0.3 is 0 Å². The second-order valence-electron chi connectivity index (χ2n) is 6.98. The first kappa shape index (κ1) is 12.8. The van der Waals surface area contributed by atoms with Crippen molar-refractivity contribution in [2.45, 2.75) is 74.9 Å². The molecule has 2 N–H and O–H groups in total. The molecule has 3 heterocycles. The molecular formula is C15H24N4O. The predicted octanol–water partition coefficient (Wildman–Crippen LogP) is 2.00. The summed E-state index contributed by atoms with van der Waals surface area (Å²) in [5.74, 6) is 2.68. The molecule has 1 aromatic heterocycles. The van der Waals surface area contributed by atoms with E-state index in [2.05, 4.69) is 17.1 Å². The van der Waals surface area contributed by atoms with E-state index in [0.717, 1.165) is 43.1 Å². The second-order valence-corrected chi connectivity index (χ2v) is 6.98. The summed E-state index contributed by atoms with van der Waals surface area (Å²) in [6.07, 6.45) is 8.23. The first-order chi connectivity index (χ1) is 9.70. The molecule has 2 unspecified atom stereocenters. The molecule has 2 saturated heterocycles. The predicted molar refractivity (Wildman–Crippen MR) is 75.4 cm³/mol. The highest BCUT2D eigenvalue weighted by molar-refractivity contribution is 5.07. The van der Waals surface area contributed by atoms with E-state index in [-0.39, 0.29) is 0 Å². The lowest BCUT2D eigenvalue weighted by Gasteiger charge is -2.34. The van der Waals surface area contributed by atoms with Gasteiger partial charge in [0.1, 0.15) is 0 Å². The molecule has 4 rings (SSSR count). The molecule has 3 fully saturated rings. The van der Waals surface area contributed by atoms with E-state index in [1.807, 2.05) is 0 Å². The fraction of sp³-hybridized carbons (Fsp3) is 0.867. The SMILES string of the molecule is CN1C2CCC1CC(c1noc([C@@H]3CC[C@H](N)C3)n1)C2. The fourth-order valence-electron chi connectivity index (χ4n) is 4.44. The zero-order valence-corrected chi connectivity index (χ0v) is 12.2. The van der Waals surface area contributed by atoms with Crippen LogP contribution in [0.3, 0.4) is 0 Å². The minimum Gasteiger partial charge on any atom is -0.339 e. The second kappa shape index (κ2) is 4.81. The van der Waals surface area contributed by atoms with E-state index in [1.165, 1.54) is 25.7 Å². The molecule has 0 amide bonds. The zero-order valence-electron chi connectivity index (χ0n) is 12.2. The van der Waals surface area contributed by atoms with Crippen molar-refractivity contribution in [1.82, 2.24) is 15.0 Å². The molecule has 0 radical (unpaired) electrons. The van der Waals surface area contributed by atoms with E-state index in [0.29, 0.717) is 17.9 Å². The lowest BCUT2D eigenvalue weighted by Crippen LogP contribution is -2.39. The van der Waals surface area contributed by atoms with Crippen molar-refractivity contribution in [3.8, 4) is 0 Å². The molecule has 5 nitrogen and oxygen atoms in total. The smallest absolute Gasteiger partial charge is 0.229 e. The van der Waals surface area contributed by atoms with Crippen LogP contribution >= 0.6 is 0 Å². The maximum atomic E-state index is 5.98. The molecule has 110 valence electrons. The average Bonchev–Trinajstić information content (AvgIpc) is 3.10. The fourth-order valence-corrected chi connectivity index (χ4v) is 4.44. The van der Waals surface area contributed by atoms with Gasteiger partial charge in [0.15, 0.2) is 5.82 Å². The Morgan fingerprint density at radius 2 is 1.80 bits per heavy atom. The third-order valence-electron chi connectivity index (χ3n) is 5.74. The first-order valence-electron chi connectivity index (χ1n) is 8.01. The van der Waals surface area contributed by atoms with E-state index in [9.17, 15) is 0 Å². The molecule has 1 aliphatic carbocycles. The van der Waals surface area contributed by atoms with Crippen molar-refractivity contribution in [2.75, 3.05) is 7.05 Å². The maximum absolute atomic E-state index is 5.98. The molecule has 1 aromatic rings. The van der Waals surface area contributed by atoms with Gasteiger partial charge in [0.25, 0.3) is 0 Å². The summed E-state index contributed by atoms with van der Waals surface area (Å²) >= 11 is 0. The van der Waals surface area contributed by atoms with Crippen LogP contribution in [0.5, 0.6) is 0 Å². The van der Waals surface area contributed by atoms with Crippen LogP contribution in [-0.4, -0.2) is 40.2 Å². The van der Waals surface area contributed by atoms with E-state index in [4.69, 9.17) is 15.2 Å². The number of rotatable bonds is 2. The van der Waals surface area contributed by atoms with Crippen molar-refractivity contribution in [3.63, 3.8) is 0 Å². The highest BCUT2D eigenvalue weighted by atomic mass is 16.5. The van der Waals surface area contributed by atoms with Crippen LogP contribution < -0.4 is 5.73 Å². The number of hydrogen-bond acceptors (Lipinski definition) is 5. The first-order valence-corrected chi connectivity index (χ1v) is 8.01. The largest absolute Gasteiger partial charge is 0.339 e. The number of hydrogen-bond donors (Lipinski definition) is 1. The Morgan fingerprint density at radius 1 is 1.05 bits per heavy atom. The Labute approximate surface area is 119 Å². The molecular weight excluding hydrogens is 252 g/mol. The van der Waals surface area contributed by atoms with E-state index < -0.39 is 0 Å². The number of nitrogens with two attached hydrogens (primary N) is 1. The minimum atomic E-state index is 0.314. The van der Waals surface area contributed by atoms with Gasteiger partial charge in [-0.1, -0.05) is 5.16 Å². The summed E-state index contributed by atoms with van der Waals surface area (Å²) in [7, 11) is 2.26. The average molecular weight is 276 g/mol. The third-order valence-corrected chi connectivity index (χ3v) is 5.74. The van der Waals surface area contributed by atoms with Crippen LogP contribution in [-0.2, 0) is 0 Å². The van der Waals surface area contributed by atoms with Crippen LogP contribution in [0.1, 0.15) is 68.5 Å². The van der Waals surface area contributed by atoms with Gasteiger partial charge in [0.2, 0.25) is 5.89 Å². The Bertz CT molecular complexity index is 474. The Morgan fingerprint density at radius 3 is 2.45 bits per heavy atom. The molecule has 5 heteroatoms. The summed E-state index contributed by atoms with van der Waals surface area (Å²) in [5.41, 5.74) is 5.98. The van der Waals surface area contributed by atoms with Crippen molar-refractivity contribution >= 4 is 0 Å². The van der Waals surface area contributed by atoms with Gasteiger partial charge in [-0.15, -0.1) is 0 Å². The normalized spacial score (nSPS) is 41.4. The minimum absolute atomic E-state index is 0.314. The molecule has 1 saturated carbocycles. The summed E-state index contributed by atoms with van der Waals surface area (Å²) in [6.45, 7) is 0. The van der Waals surface area contributed by atoms with Gasteiger partial charge in [-0.2, -0.15) is 4.98 Å². The Kier molecular flexibility index (Phi) is 3.07. The lowest BCUT2D eigenvalue weighted by atomic mass is 9.90. The molecule has 2 aliphatic heterocycles. The summed E-state index contributed by atoms with van der Waals surface area (Å²) in [6, 6.07) is 1.76. The number of piperidine rings is 1. The van der Waals surface area contributed by atoms with E-state index >= 15 is 0 Å². The van der Waals surface area contributed by atoms with Crippen molar-refractivity contribution in [2.24, 2.45) is 5.73 Å². The lowest BCUT2D eigenvalue weighted by molar-refractivity contribution is 0.157. The topological polar surface area (TPSA) is 68.2 Å². The highest BCUT2D eigenvalue weighted by Crippen LogP contribution is 2.42. The van der Waals surface area contributed by atoms with Crippen LogP contribution in [0.2, 0.25) is 0 Å². The van der Waals surface area contributed by atoms with Gasteiger partial charge in [-0.3, -0.25) is 0 Å². The van der Waals surface area contributed by atoms with E-state index in [1.54, 1.807) is 0 Å². The quantitative estimate of drug-likeness (QED) is 0.895. The Balaban J connectivity index is 1.48. The van der Waals surface area contributed by atoms with Gasteiger partial charge in [-0.05, 0) is 52.0 Å². The molecule has 4 atom stereocenters. The number of aromatic nitrogens is 2. The van der Waals surface area contributed by atoms with Gasteiger partial charge in [0, 0.05) is 30.0 Å². The Hall–Kier alpha value is -0.940. The third kappa shape index (κ3) is 2.07. The number of nitrogens with zero attached hydrogens (tertiary/aromatic N) is 3. The molecule has 0 aromatic carbocycles.